The molecule has 8 nitrogen and oxygen atoms in total. The van der Waals surface area contributed by atoms with Crippen LogP contribution >= 0.6 is 0 Å². The number of hydrogen-bond acceptors (Lipinski definition) is 8. The molecule has 0 saturated carbocycles. The van der Waals surface area contributed by atoms with E-state index in [1.807, 2.05) is 0 Å². The van der Waals surface area contributed by atoms with Gasteiger partial charge in [-0.3, -0.25) is 0 Å². The van der Waals surface area contributed by atoms with Crippen molar-refractivity contribution in [2.24, 2.45) is 0 Å². The van der Waals surface area contributed by atoms with Crippen molar-refractivity contribution in [2.75, 3.05) is 0 Å². The zero-order valence-electron chi connectivity index (χ0n) is 31.4. The first kappa shape index (κ1) is 36.1. The van der Waals surface area contributed by atoms with E-state index in [-0.39, 0.29) is 68.2 Å². The van der Waals surface area contributed by atoms with Gasteiger partial charge in [0.2, 0.25) is 0 Å². The third-order valence-corrected chi connectivity index (χ3v) is 12.0. The van der Waals surface area contributed by atoms with Crippen LogP contribution in [0.5, 0.6) is 46.0 Å². The fourth-order valence-electron chi connectivity index (χ4n) is 9.19. The van der Waals surface area contributed by atoms with Crippen molar-refractivity contribution in [3.63, 3.8) is 0 Å². The molecule has 0 fully saturated rings. The fourth-order valence-corrected chi connectivity index (χ4v) is 9.19. The maximum Gasteiger partial charge on any atom is 0.131 e. The third-order valence-electron chi connectivity index (χ3n) is 12.0. The van der Waals surface area contributed by atoms with Gasteiger partial charge in [0.05, 0.1) is 33.1 Å². The molecule has 0 atom stereocenters. The van der Waals surface area contributed by atoms with Gasteiger partial charge in [-0.05, 0) is 70.8 Å². The van der Waals surface area contributed by atoms with Gasteiger partial charge in [-0.1, -0.05) is 121 Å². The zero-order valence-corrected chi connectivity index (χ0v) is 31.4. The molecule has 0 amide bonds. The maximum absolute atomic E-state index is 12.0. The maximum atomic E-state index is 12.0. The van der Waals surface area contributed by atoms with E-state index >= 15 is 0 Å². The molecule has 9 aromatic rings. The Morgan fingerprint density at radius 1 is 0.293 bits per heavy atom. The number of phenolic OH excluding ortho intramolecular Hbond substituents is 8. The summed E-state index contributed by atoms with van der Waals surface area (Å²) in [6.45, 7) is 3.38. The smallest absolute Gasteiger partial charge is 0.131 e. The highest BCUT2D eigenvalue weighted by Gasteiger charge is 2.44. The Morgan fingerprint density at radius 2 is 0.500 bits per heavy atom. The Labute approximate surface area is 332 Å². The molecule has 8 N–H and O–H groups in total. The van der Waals surface area contributed by atoms with Gasteiger partial charge in [-0.2, -0.15) is 0 Å². The minimum Gasteiger partial charge on any atom is -0.507 e. The Bertz CT molecular complexity index is 2740. The lowest BCUT2D eigenvalue weighted by molar-refractivity contribution is 0.402. The zero-order chi connectivity index (χ0) is 40.7. The van der Waals surface area contributed by atoms with Gasteiger partial charge in [0.15, 0.2) is 0 Å². The molecular weight excluding hydrogens is 729 g/mol. The van der Waals surface area contributed by atoms with E-state index in [4.69, 9.17) is 0 Å². The molecule has 8 heteroatoms. The number of aromatic hydroxyl groups is 8. The molecule has 0 spiro atoms. The molecule has 0 unspecified atom stereocenters. The lowest BCUT2D eigenvalue weighted by atomic mass is 9.66. The number of fused-ring (bicyclic) bond motifs is 4. The summed E-state index contributed by atoms with van der Waals surface area (Å²) < 4.78 is 0. The summed E-state index contributed by atoms with van der Waals surface area (Å²) in [6.07, 6.45) is 0. The van der Waals surface area contributed by atoms with Crippen LogP contribution in [0.4, 0.5) is 0 Å². The van der Waals surface area contributed by atoms with E-state index in [9.17, 15) is 40.9 Å². The Hall–Kier alpha value is -7.58. The molecule has 9 rings (SSSR count). The second-order valence-electron chi connectivity index (χ2n) is 15.2. The number of phenols is 8. The van der Waals surface area contributed by atoms with E-state index in [0.29, 0.717) is 54.2 Å². The van der Waals surface area contributed by atoms with Crippen LogP contribution in [0.3, 0.4) is 0 Å². The van der Waals surface area contributed by atoms with Gasteiger partial charge in [-0.25, -0.2) is 0 Å². The number of rotatable bonds is 6. The summed E-state index contributed by atoms with van der Waals surface area (Å²) in [5.41, 5.74) is -2.33. The summed E-state index contributed by atoms with van der Waals surface area (Å²) in [6, 6.07) is 41.0. The summed E-state index contributed by atoms with van der Waals surface area (Å²) in [5.74, 6) is -2.14. The standard InChI is InChI=1S/C50H38O8/c1-49(41-37(51)23-27-11-3-7-15-33(27)45(41)55,42-38(52)24-28-12-4-8-16-34(28)46(42)56)31-19-21-32(22-20-31)50(2,43-39(53)25-29-13-5-9-17-35(29)47(43)57)44-40(54)26-30-14-6-10-18-36(30)48(44)58/h3-26,51-58H,1-2H3. The molecule has 0 aliphatic carbocycles. The predicted octanol–water partition coefficient (Wildman–Crippen LogP) is 10.7. The third kappa shape index (κ3) is 5.08. The van der Waals surface area contributed by atoms with E-state index in [2.05, 4.69) is 0 Å². The highest BCUT2D eigenvalue weighted by atomic mass is 16.3. The highest BCUT2D eigenvalue weighted by molar-refractivity contribution is 5.97. The second-order valence-corrected chi connectivity index (χ2v) is 15.2. The molecule has 0 aliphatic heterocycles. The largest absolute Gasteiger partial charge is 0.507 e. The Kier molecular flexibility index (Phi) is 8.09. The Balaban J connectivity index is 1.35. The van der Waals surface area contributed by atoms with Crippen molar-refractivity contribution in [1.29, 1.82) is 0 Å². The van der Waals surface area contributed by atoms with Gasteiger partial charge in [0.25, 0.3) is 0 Å². The summed E-state index contributed by atoms with van der Waals surface area (Å²) >= 11 is 0. The van der Waals surface area contributed by atoms with Crippen LogP contribution in [0, 0.1) is 0 Å². The van der Waals surface area contributed by atoms with Crippen LogP contribution in [0.25, 0.3) is 43.1 Å². The highest BCUT2D eigenvalue weighted by Crippen LogP contribution is 2.58. The number of benzene rings is 9. The van der Waals surface area contributed by atoms with Crippen molar-refractivity contribution in [3.05, 3.63) is 179 Å². The molecule has 0 aliphatic rings. The first-order valence-corrected chi connectivity index (χ1v) is 18.7. The molecule has 0 bridgehead atoms. The summed E-state index contributed by atoms with van der Waals surface area (Å²) in [4.78, 5) is 0. The topological polar surface area (TPSA) is 162 Å². The second kappa shape index (κ2) is 13.0. The van der Waals surface area contributed by atoms with Crippen LogP contribution in [-0.4, -0.2) is 40.9 Å². The van der Waals surface area contributed by atoms with Gasteiger partial charge >= 0.3 is 0 Å². The quantitative estimate of drug-likeness (QED) is 0.0776. The molecule has 0 saturated heterocycles. The lowest BCUT2D eigenvalue weighted by Crippen LogP contribution is -2.28. The summed E-state index contributed by atoms with van der Waals surface area (Å²) in [7, 11) is 0. The van der Waals surface area contributed by atoms with Crippen molar-refractivity contribution >= 4 is 43.1 Å². The van der Waals surface area contributed by atoms with Crippen molar-refractivity contribution in [2.45, 2.75) is 24.7 Å². The van der Waals surface area contributed by atoms with Gasteiger partial charge in [-0.15, -0.1) is 0 Å². The van der Waals surface area contributed by atoms with Gasteiger partial charge in [0, 0.05) is 21.5 Å². The van der Waals surface area contributed by atoms with Crippen LogP contribution < -0.4 is 0 Å². The first-order valence-electron chi connectivity index (χ1n) is 18.7. The van der Waals surface area contributed by atoms with Crippen LogP contribution in [-0.2, 0) is 10.8 Å². The van der Waals surface area contributed by atoms with E-state index in [0.717, 1.165) is 0 Å². The average molecular weight is 767 g/mol. The molecule has 286 valence electrons. The van der Waals surface area contributed by atoms with Crippen LogP contribution in [0.1, 0.15) is 47.2 Å². The molecular formula is C50H38O8. The van der Waals surface area contributed by atoms with Crippen LogP contribution in [0.15, 0.2) is 146 Å². The average Bonchev–Trinajstić information content (AvgIpc) is 3.21. The van der Waals surface area contributed by atoms with Crippen molar-refractivity contribution in [3.8, 4) is 46.0 Å². The minimum atomic E-state index is -1.63. The number of hydrogen-bond donors (Lipinski definition) is 8. The molecule has 0 heterocycles. The van der Waals surface area contributed by atoms with E-state index in [1.54, 1.807) is 135 Å². The fraction of sp³-hybridized carbons (Fsp3) is 0.0800. The van der Waals surface area contributed by atoms with Crippen molar-refractivity contribution < 1.29 is 40.9 Å². The molecule has 0 radical (unpaired) electrons. The summed E-state index contributed by atoms with van der Waals surface area (Å²) in [5, 5.41) is 99.3. The van der Waals surface area contributed by atoms with E-state index < -0.39 is 10.8 Å². The lowest BCUT2D eigenvalue weighted by Gasteiger charge is -2.37. The minimum absolute atomic E-state index is 0.0252. The molecule has 58 heavy (non-hydrogen) atoms. The Morgan fingerprint density at radius 3 is 0.724 bits per heavy atom. The molecule has 9 aromatic carbocycles. The first-order chi connectivity index (χ1) is 27.8. The van der Waals surface area contributed by atoms with Gasteiger partial charge in [0.1, 0.15) is 46.0 Å². The van der Waals surface area contributed by atoms with Crippen molar-refractivity contribution in [1.82, 2.24) is 0 Å². The predicted molar refractivity (Wildman–Crippen MR) is 227 cm³/mol. The van der Waals surface area contributed by atoms with Crippen LogP contribution in [0.2, 0.25) is 0 Å². The SMILES string of the molecule is CC(c1ccc(C(C)(c2c(O)cc3ccccc3c2O)c2c(O)cc3ccccc3c2O)cc1)(c1c(O)cc2ccccc2c1O)c1c(O)cc2ccccc2c1O. The molecule has 0 aromatic heterocycles. The van der Waals surface area contributed by atoms with Gasteiger partial charge < -0.3 is 40.9 Å². The monoisotopic (exact) mass is 766 g/mol. The normalized spacial score (nSPS) is 12.2. The van der Waals surface area contributed by atoms with E-state index in [1.165, 1.54) is 24.3 Å².